The standard InChI is InChI=1S/C12H12F6O2.C12H15F3O.2C10H11F3.C10H12O2.C10H14.3CH3F/c1-6(2)8-4-7(3)10(20-12(16,17)18)9(5-8)19-11(13,14)15;1-8(2)10-4-6-11(7-5-10)16-9(3)12(13,14)15;2*1-7(2)8-4-3-5-9(6-8)10(11,12)13;1-7(2)8-3-4-9-10(5-8)12-6-11-9;1-8(2)10-6-4-5-9(3)7-10;3*1-2/h4-6H,1-3H3;4-9H,1-3H3;2*3-7H,1-2H3;3-5,7H,6H2,1-2H3;4-8H,1-3H3;3*1H3. The largest absolute Gasteiger partial charge is 0.573 e. The summed E-state index contributed by atoms with van der Waals surface area (Å²) in [5.41, 5.74) is 5.77. The number of ether oxygens (including phenoxy) is 5. The summed E-state index contributed by atoms with van der Waals surface area (Å²) in [6, 6.07) is 34.6. The summed E-state index contributed by atoms with van der Waals surface area (Å²) in [6.45, 7) is 28.4. The molecule has 0 aliphatic carbocycles. The van der Waals surface area contributed by atoms with E-state index in [4.69, 9.17) is 14.2 Å². The fraction of sp³-hybridized carbons (Fsp3) is 0.463. The minimum Gasteiger partial charge on any atom is -0.481 e. The maximum Gasteiger partial charge on any atom is 0.573 e. The average Bonchev–Trinajstić information content (AvgIpc) is 4.11. The molecule has 0 fully saturated rings. The van der Waals surface area contributed by atoms with Crippen LogP contribution in [0.5, 0.6) is 28.7 Å². The van der Waals surface area contributed by atoms with Crippen LogP contribution in [0.3, 0.4) is 0 Å². The molecule has 23 heteroatoms. The molecule has 0 saturated heterocycles. The Bertz CT molecular complexity index is 2840. The van der Waals surface area contributed by atoms with Crippen LogP contribution in [0.1, 0.15) is 181 Å². The number of hydrogen-bond donors (Lipinski definition) is 0. The summed E-state index contributed by atoms with van der Waals surface area (Å²) in [6.07, 6.45) is -24.8. The molecule has 7 rings (SSSR count). The van der Waals surface area contributed by atoms with Gasteiger partial charge in [0.1, 0.15) is 5.75 Å². The quantitative estimate of drug-likeness (QED) is 0.128. The molecule has 1 aliphatic rings. The molecule has 508 valence electrons. The summed E-state index contributed by atoms with van der Waals surface area (Å²) >= 11 is 0. The van der Waals surface area contributed by atoms with Gasteiger partial charge in [0.2, 0.25) is 6.79 Å². The van der Waals surface area contributed by atoms with Crippen molar-refractivity contribution in [2.24, 2.45) is 0 Å². The molecule has 1 atom stereocenters. The monoisotopic (exact) mass is 1310 g/mol. The lowest BCUT2D eigenvalue weighted by molar-refractivity contribution is -0.287. The smallest absolute Gasteiger partial charge is 0.481 e. The Balaban J connectivity index is 0. The van der Waals surface area contributed by atoms with E-state index in [2.05, 4.69) is 74.4 Å². The van der Waals surface area contributed by atoms with Crippen LogP contribution in [0.15, 0.2) is 127 Å². The van der Waals surface area contributed by atoms with E-state index < -0.39 is 60.0 Å². The Hall–Kier alpha value is -6.94. The lowest BCUT2D eigenvalue weighted by Gasteiger charge is -2.19. The summed E-state index contributed by atoms with van der Waals surface area (Å²) in [5, 5.41) is 0. The second-order valence-electron chi connectivity index (χ2n) is 21.3. The van der Waals surface area contributed by atoms with Gasteiger partial charge in [0.25, 0.3) is 0 Å². The second-order valence-corrected chi connectivity index (χ2v) is 21.3. The Kier molecular flexibility index (Phi) is 37.9. The first-order valence-corrected chi connectivity index (χ1v) is 27.9. The van der Waals surface area contributed by atoms with Crippen molar-refractivity contribution in [1.29, 1.82) is 0 Å². The van der Waals surface area contributed by atoms with E-state index in [1.54, 1.807) is 50.2 Å². The number of hydrogen-bond acceptors (Lipinski definition) is 5. The van der Waals surface area contributed by atoms with Crippen molar-refractivity contribution in [3.8, 4) is 28.7 Å². The van der Waals surface area contributed by atoms with Crippen molar-refractivity contribution < 1.29 is 103 Å². The zero-order valence-corrected chi connectivity index (χ0v) is 53.7. The lowest BCUT2D eigenvalue weighted by atomic mass is 10.00. The third-order valence-electron chi connectivity index (χ3n) is 12.2. The molecule has 0 bridgehead atoms. The highest BCUT2D eigenvalue weighted by Gasteiger charge is 2.39. The first-order valence-electron chi connectivity index (χ1n) is 27.9. The van der Waals surface area contributed by atoms with Crippen molar-refractivity contribution in [1.82, 2.24) is 0 Å². The highest BCUT2D eigenvalue weighted by atomic mass is 19.4. The molecule has 6 aromatic rings. The number of alkyl halides is 18. The van der Waals surface area contributed by atoms with Gasteiger partial charge in [0.05, 0.1) is 32.7 Å². The third kappa shape index (κ3) is 33.8. The van der Waals surface area contributed by atoms with Gasteiger partial charge in [-0.05, 0) is 138 Å². The highest BCUT2D eigenvalue weighted by Crippen LogP contribution is 2.41. The number of halogens is 18. The SMILES string of the molecule is CC(C)c1ccc(OC(C)C(F)(F)F)cc1.CC(C)c1ccc2c(c1)OCO2.CC(C)c1cccc(C(F)(F)F)c1.CC(C)c1cccc(C(F)(F)F)c1.CF.CF.CF.Cc1cc(C(C)C)cc(OC(F)(F)F)c1OC(F)(F)F.Cc1cccc(C(C)C)c1. The van der Waals surface area contributed by atoms with Crippen LogP contribution in [0.25, 0.3) is 0 Å². The van der Waals surface area contributed by atoms with E-state index in [9.17, 15) is 79.0 Å². The Morgan fingerprint density at radius 1 is 0.367 bits per heavy atom. The summed E-state index contributed by atoms with van der Waals surface area (Å²) < 4.78 is 235. The van der Waals surface area contributed by atoms with Crippen LogP contribution in [-0.2, 0) is 12.4 Å². The molecule has 1 aliphatic heterocycles. The van der Waals surface area contributed by atoms with E-state index >= 15 is 0 Å². The third-order valence-corrected chi connectivity index (χ3v) is 12.2. The van der Waals surface area contributed by atoms with Gasteiger partial charge >= 0.3 is 31.3 Å². The Morgan fingerprint density at radius 2 is 0.733 bits per heavy atom. The number of benzene rings is 6. The lowest BCUT2D eigenvalue weighted by Crippen LogP contribution is -2.31. The molecule has 1 heterocycles. The van der Waals surface area contributed by atoms with Crippen molar-refractivity contribution in [2.75, 3.05) is 28.3 Å². The summed E-state index contributed by atoms with van der Waals surface area (Å²) in [5.74, 6) is 1.62. The van der Waals surface area contributed by atoms with Crippen molar-refractivity contribution >= 4 is 0 Å². The first-order chi connectivity index (χ1) is 41.5. The maximum absolute atomic E-state index is 12.3. The van der Waals surface area contributed by atoms with Gasteiger partial charge in [-0.25, -0.2) is 0 Å². The molecule has 5 nitrogen and oxygen atoms in total. The van der Waals surface area contributed by atoms with E-state index in [0.29, 0.717) is 51.6 Å². The average molecular weight is 1310 g/mol. The van der Waals surface area contributed by atoms with E-state index in [1.807, 2.05) is 53.7 Å². The van der Waals surface area contributed by atoms with E-state index in [0.717, 1.165) is 53.3 Å². The zero-order chi connectivity index (χ0) is 70.3. The molecule has 6 aromatic carbocycles. The minimum absolute atomic E-state index is 0.0900. The van der Waals surface area contributed by atoms with Gasteiger partial charge in [0, 0.05) is 0 Å². The molecule has 0 N–H and O–H groups in total. The summed E-state index contributed by atoms with van der Waals surface area (Å²) in [7, 11) is 1.50. The van der Waals surface area contributed by atoms with Gasteiger partial charge in [-0.3, -0.25) is 13.2 Å². The first kappa shape index (κ1) is 85.1. The number of aryl methyl sites for hydroxylation is 2. The molecular formula is C67H84F18O5. The predicted octanol–water partition coefficient (Wildman–Crippen LogP) is 24.1. The highest BCUT2D eigenvalue weighted by molar-refractivity contribution is 5.50. The Labute approximate surface area is 518 Å². The predicted molar refractivity (Wildman–Crippen MR) is 319 cm³/mol. The van der Waals surface area contributed by atoms with Crippen molar-refractivity contribution in [2.45, 2.75) is 177 Å². The van der Waals surface area contributed by atoms with Gasteiger partial charge in [-0.2, -0.15) is 39.5 Å². The van der Waals surface area contributed by atoms with Crippen LogP contribution >= 0.6 is 0 Å². The molecule has 0 saturated carbocycles. The van der Waals surface area contributed by atoms with E-state index in [-0.39, 0.29) is 29.1 Å². The molecule has 0 amide bonds. The molecule has 0 radical (unpaired) electrons. The van der Waals surface area contributed by atoms with E-state index in [1.165, 1.54) is 53.9 Å². The molecule has 0 aromatic heterocycles. The summed E-state index contributed by atoms with van der Waals surface area (Å²) in [4.78, 5) is 0. The number of rotatable bonds is 10. The fourth-order valence-corrected chi connectivity index (χ4v) is 7.20. The fourth-order valence-electron chi connectivity index (χ4n) is 7.20. The van der Waals surface area contributed by atoms with Crippen molar-refractivity contribution in [3.05, 3.63) is 183 Å². The minimum atomic E-state index is -5.11. The molecule has 0 spiro atoms. The van der Waals surface area contributed by atoms with Crippen LogP contribution in [0, 0.1) is 13.8 Å². The number of fused-ring (bicyclic) bond motifs is 1. The maximum atomic E-state index is 12.3. The van der Waals surface area contributed by atoms with Gasteiger partial charge < -0.3 is 23.7 Å². The van der Waals surface area contributed by atoms with Crippen LogP contribution in [-0.4, -0.2) is 53.3 Å². The van der Waals surface area contributed by atoms with Gasteiger partial charge in [0.15, 0.2) is 29.1 Å². The van der Waals surface area contributed by atoms with Gasteiger partial charge in [-0.15, -0.1) is 26.3 Å². The van der Waals surface area contributed by atoms with Crippen LogP contribution in [0.2, 0.25) is 0 Å². The van der Waals surface area contributed by atoms with Crippen LogP contribution < -0.4 is 23.7 Å². The molecular weight excluding hydrogens is 1230 g/mol. The molecule has 90 heavy (non-hydrogen) atoms. The van der Waals surface area contributed by atoms with Gasteiger partial charge in [-0.1, -0.05) is 174 Å². The Morgan fingerprint density at radius 3 is 1.09 bits per heavy atom. The normalized spacial score (nSPS) is 12.0. The second kappa shape index (κ2) is 40.0. The van der Waals surface area contributed by atoms with Crippen molar-refractivity contribution in [3.63, 3.8) is 0 Å². The topological polar surface area (TPSA) is 46.2 Å². The van der Waals surface area contributed by atoms with Crippen LogP contribution in [0.4, 0.5) is 79.0 Å². The zero-order valence-electron chi connectivity index (χ0n) is 53.7. The molecule has 1 unspecified atom stereocenters.